The first kappa shape index (κ1) is 12.0. The van der Waals surface area contributed by atoms with Crippen molar-refractivity contribution < 1.29 is 4.74 Å². The van der Waals surface area contributed by atoms with Gasteiger partial charge < -0.3 is 10.5 Å². The van der Waals surface area contributed by atoms with Gasteiger partial charge in [0.15, 0.2) is 0 Å². The van der Waals surface area contributed by atoms with E-state index < -0.39 is 0 Å². The molecule has 0 unspecified atom stereocenters. The Morgan fingerprint density at radius 3 is 2.43 bits per heavy atom. The number of rotatable bonds is 4. The molecule has 1 aliphatic carbocycles. The van der Waals surface area contributed by atoms with Crippen molar-refractivity contribution in [2.75, 3.05) is 13.2 Å². The first-order valence-electron chi connectivity index (χ1n) is 5.39. The second-order valence-corrected chi connectivity index (χ2v) is 4.41. The van der Waals surface area contributed by atoms with Crippen LogP contribution in [0, 0.1) is 0 Å². The van der Waals surface area contributed by atoms with Crippen molar-refractivity contribution in [1.82, 2.24) is 0 Å². The SMILES string of the molecule is NC1(COCC=CCl)CCCCCC1. The van der Waals surface area contributed by atoms with Crippen LogP contribution in [0.25, 0.3) is 0 Å². The molecule has 0 bridgehead atoms. The molecule has 1 aliphatic rings. The zero-order valence-electron chi connectivity index (χ0n) is 8.68. The van der Waals surface area contributed by atoms with Gasteiger partial charge in [-0.05, 0) is 18.9 Å². The highest BCUT2D eigenvalue weighted by Crippen LogP contribution is 2.25. The minimum atomic E-state index is -0.0867. The Balaban J connectivity index is 2.24. The summed E-state index contributed by atoms with van der Waals surface area (Å²) in [4.78, 5) is 0. The van der Waals surface area contributed by atoms with Crippen molar-refractivity contribution >= 4 is 11.6 Å². The highest BCUT2D eigenvalue weighted by molar-refractivity contribution is 6.25. The first-order chi connectivity index (χ1) is 6.77. The van der Waals surface area contributed by atoms with Crippen molar-refractivity contribution in [3.05, 3.63) is 11.6 Å². The van der Waals surface area contributed by atoms with E-state index in [4.69, 9.17) is 22.1 Å². The van der Waals surface area contributed by atoms with E-state index in [0.717, 1.165) is 12.8 Å². The minimum Gasteiger partial charge on any atom is -0.375 e. The molecule has 1 saturated carbocycles. The molecule has 14 heavy (non-hydrogen) atoms. The van der Waals surface area contributed by atoms with Gasteiger partial charge in [0, 0.05) is 11.1 Å². The predicted octanol–water partition coefficient (Wildman–Crippen LogP) is 2.81. The average Bonchev–Trinajstić information content (AvgIpc) is 2.39. The van der Waals surface area contributed by atoms with E-state index in [2.05, 4.69) is 0 Å². The van der Waals surface area contributed by atoms with Crippen molar-refractivity contribution in [3.8, 4) is 0 Å². The Labute approximate surface area is 91.4 Å². The van der Waals surface area contributed by atoms with Gasteiger partial charge in [-0.3, -0.25) is 0 Å². The van der Waals surface area contributed by atoms with Gasteiger partial charge in [0.1, 0.15) is 0 Å². The molecule has 0 aromatic rings. The van der Waals surface area contributed by atoms with Crippen LogP contribution in [0.2, 0.25) is 0 Å². The fourth-order valence-corrected chi connectivity index (χ4v) is 2.02. The molecule has 0 amide bonds. The van der Waals surface area contributed by atoms with Gasteiger partial charge >= 0.3 is 0 Å². The highest BCUT2D eigenvalue weighted by atomic mass is 35.5. The molecule has 1 fully saturated rings. The molecule has 3 heteroatoms. The monoisotopic (exact) mass is 217 g/mol. The summed E-state index contributed by atoms with van der Waals surface area (Å²) in [6.45, 7) is 1.23. The third-order valence-electron chi connectivity index (χ3n) is 2.79. The average molecular weight is 218 g/mol. The van der Waals surface area contributed by atoms with Gasteiger partial charge in [-0.2, -0.15) is 0 Å². The molecule has 0 spiro atoms. The van der Waals surface area contributed by atoms with E-state index in [1.807, 2.05) is 0 Å². The smallest absolute Gasteiger partial charge is 0.0659 e. The lowest BCUT2D eigenvalue weighted by molar-refractivity contribution is 0.0975. The largest absolute Gasteiger partial charge is 0.375 e. The normalized spacial score (nSPS) is 22.4. The van der Waals surface area contributed by atoms with Crippen molar-refractivity contribution in [3.63, 3.8) is 0 Å². The minimum absolute atomic E-state index is 0.0867. The zero-order chi connectivity index (χ0) is 10.3. The number of halogens is 1. The fourth-order valence-electron chi connectivity index (χ4n) is 1.94. The van der Waals surface area contributed by atoms with E-state index >= 15 is 0 Å². The Morgan fingerprint density at radius 1 is 1.21 bits per heavy atom. The first-order valence-corrected chi connectivity index (χ1v) is 5.82. The van der Waals surface area contributed by atoms with Gasteiger partial charge in [-0.25, -0.2) is 0 Å². The van der Waals surface area contributed by atoms with Crippen LogP contribution >= 0.6 is 11.6 Å². The number of hydrogen-bond donors (Lipinski definition) is 1. The maximum absolute atomic E-state index is 6.26. The Kier molecular flexibility index (Phi) is 5.53. The molecule has 2 N–H and O–H groups in total. The lowest BCUT2D eigenvalue weighted by atomic mass is 9.93. The highest BCUT2D eigenvalue weighted by Gasteiger charge is 2.25. The second kappa shape index (κ2) is 6.44. The van der Waals surface area contributed by atoms with Crippen LogP contribution in [-0.2, 0) is 4.74 Å². The van der Waals surface area contributed by atoms with Gasteiger partial charge in [-0.15, -0.1) is 0 Å². The summed E-state index contributed by atoms with van der Waals surface area (Å²) in [7, 11) is 0. The molecule has 82 valence electrons. The van der Waals surface area contributed by atoms with Crippen LogP contribution in [0.4, 0.5) is 0 Å². The molecule has 0 aromatic carbocycles. The molecule has 0 radical (unpaired) electrons. The Morgan fingerprint density at radius 2 is 1.86 bits per heavy atom. The number of hydrogen-bond acceptors (Lipinski definition) is 2. The van der Waals surface area contributed by atoms with Crippen LogP contribution in [0.15, 0.2) is 11.6 Å². The van der Waals surface area contributed by atoms with Crippen molar-refractivity contribution in [1.29, 1.82) is 0 Å². The van der Waals surface area contributed by atoms with Crippen LogP contribution in [-0.4, -0.2) is 18.8 Å². The van der Waals surface area contributed by atoms with E-state index in [-0.39, 0.29) is 5.54 Å². The van der Waals surface area contributed by atoms with E-state index in [1.54, 1.807) is 6.08 Å². The molecular formula is C11H20ClNO. The third-order valence-corrected chi connectivity index (χ3v) is 2.97. The Bertz CT molecular complexity index is 174. The predicted molar refractivity (Wildman–Crippen MR) is 60.4 cm³/mol. The van der Waals surface area contributed by atoms with Gasteiger partial charge in [-0.1, -0.05) is 37.3 Å². The van der Waals surface area contributed by atoms with E-state index in [9.17, 15) is 0 Å². The molecule has 0 saturated heterocycles. The molecule has 0 heterocycles. The summed E-state index contributed by atoms with van der Waals surface area (Å²) in [5.74, 6) is 0. The number of nitrogens with two attached hydrogens (primary N) is 1. The van der Waals surface area contributed by atoms with Crippen molar-refractivity contribution in [2.45, 2.75) is 44.1 Å². The summed E-state index contributed by atoms with van der Waals surface area (Å²) in [5, 5.41) is 0. The standard InChI is InChI=1S/C11H20ClNO/c12-8-5-9-14-10-11(13)6-3-1-2-4-7-11/h5,8H,1-4,6-7,9-10,13H2. The van der Waals surface area contributed by atoms with E-state index in [1.165, 1.54) is 31.2 Å². The molecule has 1 rings (SSSR count). The summed E-state index contributed by atoms with van der Waals surface area (Å²) < 4.78 is 5.48. The van der Waals surface area contributed by atoms with Crippen LogP contribution in [0.3, 0.4) is 0 Å². The Hall–Kier alpha value is -0.0500. The van der Waals surface area contributed by atoms with Crippen LogP contribution in [0.1, 0.15) is 38.5 Å². The fraction of sp³-hybridized carbons (Fsp3) is 0.818. The third kappa shape index (κ3) is 4.45. The van der Waals surface area contributed by atoms with Crippen molar-refractivity contribution in [2.24, 2.45) is 5.73 Å². The quantitative estimate of drug-likeness (QED) is 0.581. The van der Waals surface area contributed by atoms with Crippen LogP contribution in [0.5, 0.6) is 0 Å². The van der Waals surface area contributed by atoms with Crippen LogP contribution < -0.4 is 5.73 Å². The second-order valence-electron chi connectivity index (χ2n) is 4.15. The molecule has 0 atom stereocenters. The molecule has 0 aromatic heterocycles. The zero-order valence-corrected chi connectivity index (χ0v) is 9.43. The molecule has 0 aliphatic heterocycles. The summed E-state index contributed by atoms with van der Waals surface area (Å²) >= 11 is 5.39. The maximum atomic E-state index is 6.26. The number of ether oxygens (including phenoxy) is 1. The van der Waals surface area contributed by atoms with Gasteiger partial charge in [0.25, 0.3) is 0 Å². The van der Waals surface area contributed by atoms with E-state index in [0.29, 0.717) is 13.2 Å². The summed E-state index contributed by atoms with van der Waals surface area (Å²) in [5.41, 5.74) is 7.65. The summed E-state index contributed by atoms with van der Waals surface area (Å²) in [6, 6.07) is 0. The molecular weight excluding hydrogens is 198 g/mol. The summed E-state index contributed by atoms with van der Waals surface area (Å²) in [6.07, 6.45) is 9.11. The lowest BCUT2D eigenvalue weighted by Gasteiger charge is -2.27. The van der Waals surface area contributed by atoms with Gasteiger partial charge in [0.05, 0.1) is 13.2 Å². The lowest BCUT2D eigenvalue weighted by Crippen LogP contribution is -2.44. The maximum Gasteiger partial charge on any atom is 0.0659 e. The molecule has 2 nitrogen and oxygen atoms in total. The van der Waals surface area contributed by atoms with Gasteiger partial charge in [0.2, 0.25) is 0 Å². The topological polar surface area (TPSA) is 35.2 Å².